The molecule has 1 saturated heterocycles. The molecular weight excluding hydrogens is 338 g/mol. The fraction of sp³-hybridized carbons (Fsp3) is 0.632. The second-order valence-corrected chi connectivity index (χ2v) is 7.36. The van der Waals surface area contributed by atoms with Crippen molar-refractivity contribution < 1.29 is 19.4 Å². The van der Waals surface area contributed by atoms with Gasteiger partial charge in [-0.05, 0) is 61.1 Å². The number of allylic oxidation sites excluding steroid dienone is 1. The summed E-state index contributed by atoms with van der Waals surface area (Å²) in [6.07, 6.45) is 5.13. The summed E-state index contributed by atoms with van der Waals surface area (Å²) in [5.74, 6) is 0.557. The number of hydrogen-bond donors (Lipinski definition) is 1. The van der Waals surface area contributed by atoms with Gasteiger partial charge in [0.1, 0.15) is 0 Å². The van der Waals surface area contributed by atoms with Gasteiger partial charge in [0.2, 0.25) is 6.29 Å². The van der Waals surface area contributed by atoms with E-state index in [1.807, 2.05) is 17.9 Å². The van der Waals surface area contributed by atoms with Crippen LogP contribution in [0.2, 0.25) is 0 Å². The summed E-state index contributed by atoms with van der Waals surface area (Å²) >= 11 is 1.65. The molecule has 1 amide bonds. The molecule has 0 unspecified atom stereocenters. The minimum atomic E-state index is -0.451. The lowest BCUT2D eigenvalue weighted by Gasteiger charge is -2.37. The SMILES string of the molecule is CCO[C@H]1OC(C(=O)N2CCCC2)=C[C@@H](c2ccsc2)[C@@H]1CCCO. The van der Waals surface area contributed by atoms with Crippen LogP contribution in [0.5, 0.6) is 0 Å². The van der Waals surface area contributed by atoms with Gasteiger partial charge in [0, 0.05) is 38.1 Å². The van der Waals surface area contributed by atoms with Crippen molar-refractivity contribution in [1.29, 1.82) is 0 Å². The standard InChI is InChI=1S/C19H27NO4S/c1-2-23-19-15(6-5-10-21)16(14-7-11-25-13-14)12-17(24-19)18(22)20-8-3-4-9-20/h7,11-13,15-16,19,21H,2-6,8-10H2,1H3/t15-,16-,19-/m0/s1. The molecule has 1 N–H and O–H groups in total. The highest BCUT2D eigenvalue weighted by Gasteiger charge is 2.39. The van der Waals surface area contributed by atoms with E-state index in [1.165, 1.54) is 5.56 Å². The molecule has 3 heterocycles. The molecule has 0 aliphatic carbocycles. The highest BCUT2D eigenvalue weighted by molar-refractivity contribution is 7.08. The Labute approximate surface area is 153 Å². The van der Waals surface area contributed by atoms with E-state index >= 15 is 0 Å². The van der Waals surface area contributed by atoms with Crippen LogP contribution in [0.15, 0.2) is 28.7 Å². The third kappa shape index (κ3) is 4.25. The van der Waals surface area contributed by atoms with Crippen LogP contribution in [0, 0.1) is 5.92 Å². The Morgan fingerprint density at radius 2 is 2.24 bits per heavy atom. The van der Waals surface area contributed by atoms with Crippen molar-refractivity contribution in [3.8, 4) is 0 Å². The van der Waals surface area contributed by atoms with Gasteiger partial charge in [-0.3, -0.25) is 4.79 Å². The van der Waals surface area contributed by atoms with Crippen molar-refractivity contribution >= 4 is 17.2 Å². The molecule has 2 aliphatic rings. The second-order valence-electron chi connectivity index (χ2n) is 6.58. The molecule has 0 radical (unpaired) electrons. The normalized spacial score (nSPS) is 26.4. The molecule has 3 atom stereocenters. The van der Waals surface area contributed by atoms with Gasteiger partial charge in [0.05, 0.1) is 0 Å². The first-order chi connectivity index (χ1) is 12.2. The molecule has 138 valence electrons. The Kier molecular flexibility index (Phi) is 6.51. The minimum Gasteiger partial charge on any atom is -0.459 e. The third-order valence-electron chi connectivity index (χ3n) is 4.94. The van der Waals surface area contributed by atoms with Gasteiger partial charge in [-0.2, -0.15) is 11.3 Å². The van der Waals surface area contributed by atoms with Crippen LogP contribution in [0.1, 0.15) is 44.1 Å². The third-order valence-corrected chi connectivity index (χ3v) is 5.65. The number of ether oxygens (including phenoxy) is 2. The van der Waals surface area contributed by atoms with Crippen LogP contribution in [0.25, 0.3) is 0 Å². The topological polar surface area (TPSA) is 59.0 Å². The number of aliphatic hydroxyl groups excluding tert-OH is 1. The Morgan fingerprint density at radius 1 is 1.44 bits per heavy atom. The Balaban J connectivity index is 1.88. The monoisotopic (exact) mass is 365 g/mol. The molecule has 6 heteroatoms. The summed E-state index contributed by atoms with van der Waals surface area (Å²) in [6.45, 7) is 4.22. The maximum absolute atomic E-state index is 12.8. The molecule has 1 fully saturated rings. The predicted molar refractivity (Wildman–Crippen MR) is 97.3 cm³/mol. The highest BCUT2D eigenvalue weighted by Crippen LogP contribution is 2.40. The highest BCUT2D eigenvalue weighted by atomic mass is 32.1. The summed E-state index contributed by atoms with van der Waals surface area (Å²) in [5.41, 5.74) is 1.19. The predicted octanol–water partition coefficient (Wildman–Crippen LogP) is 3.12. The second kappa shape index (κ2) is 8.83. The van der Waals surface area contributed by atoms with Gasteiger partial charge >= 0.3 is 0 Å². The zero-order chi connectivity index (χ0) is 17.6. The van der Waals surface area contributed by atoms with Crippen molar-refractivity contribution in [3.05, 3.63) is 34.2 Å². The lowest BCUT2D eigenvalue weighted by Crippen LogP contribution is -2.39. The van der Waals surface area contributed by atoms with Crippen LogP contribution >= 0.6 is 11.3 Å². The summed E-state index contributed by atoms with van der Waals surface area (Å²) < 4.78 is 11.9. The van der Waals surface area contributed by atoms with Crippen LogP contribution < -0.4 is 0 Å². The van der Waals surface area contributed by atoms with Crippen molar-refractivity contribution in [2.24, 2.45) is 5.92 Å². The quantitative estimate of drug-likeness (QED) is 0.807. The summed E-state index contributed by atoms with van der Waals surface area (Å²) in [4.78, 5) is 14.7. The first-order valence-electron chi connectivity index (χ1n) is 9.17. The summed E-state index contributed by atoms with van der Waals surface area (Å²) in [7, 11) is 0. The van der Waals surface area contributed by atoms with Gasteiger partial charge < -0.3 is 19.5 Å². The van der Waals surface area contributed by atoms with E-state index in [9.17, 15) is 9.90 Å². The number of nitrogens with zero attached hydrogens (tertiary/aromatic N) is 1. The molecule has 0 bridgehead atoms. The number of likely N-dealkylation sites (tertiary alicyclic amines) is 1. The van der Waals surface area contributed by atoms with E-state index in [-0.39, 0.29) is 24.3 Å². The van der Waals surface area contributed by atoms with E-state index in [2.05, 4.69) is 16.8 Å². The number of carbonyl (C=O) groups excluding carboxylic acids is 1. The first-order valence-corrected chi connectivity index (χ1v) is 10.1. The van der Waals surface area contributed by atoms with Crippen LogP contribution in [-0.2, 0) is 14.3 Å². The summed E-state index contributed by atoms with van der Waals surface area (Å²) in [6, 6.07) is 2.10. The lowest BCUT2D eigenvalue weighted by molar-refractivity contribution is -0.170. The molecule has 0 aromatic carbocycles. The van der Waals surface area contributed by atoms with Crippen molar-refractivity contribution in [3.63, 3.8) is 0 Å². The first kappa shape index (κ1) is 18.4. The number of carbonyl (C=O) groups is 1. The van der Waals surface area contributed by atoms with E-state index < -0.39 is 6.29 Å². The maximum atomic E-state index is 12.8. The van der Waals surface area contributed by atoms with Gasteiger partial charge in [-0.1, -0.05) is 0 Å². The Morgan fingerprint density at radius 3 is 2.88 bits per heavy atom. The molecule has 5 nitrogen and oxygen atoms in total. The number of rotatable bonds is 7. The number of amides is 1. The van der Waals surface area contributed by atoms with E-state index in [4.69, 9.17) is 9.47 Å². The molecule has 1 aromatic rings. The lowest BCUT2D eigenvalue weighted by atomic mass is 9.81. The van der Waals surface area contributed by atoms with E-state index in [0.717, 1.165) is 32.4 Å². The molecule has 25 heavy (non-hydrogen) atoms. The summed E-state index contributed by atoms with van der Waals surface area (Å²) in [5, 5.41) is 13.4. The van der Waals surface area contributed by atoms with Crippen LogP contribution in [0.3, 0.4) is 0 Å². The zero-order valence-electron chi connectivity index (χ0n) is 14.7. The Hall–Kier alpha value is -1.37. The van der Waals surface area contributed by atoms with E-state index in [0.29, 0.717) is 18.8 Å². The van der Waals surface area contributed by atoms with Gasteiger partial charge in [0.25, 0.3) is 5.91 Å². The minimum absolute atomic E-state index is 0.0250. The Bertz CT molecular complexity index is 580. The largest absolute Gasteiger partial charge is 0.459 e. The average Bonchev–Trinajstić information content (AvgIpc) is 3.33. The van der Waals surface area contributed by atoms with Gasteiger partial charge in [-0.15, -0.1) is 0 Å². The smallest absolute Gasteiger partial charge is 0.288 e. The zero-order valence-corrected chi connectivity index (χ0v) is 15.5. The molecule has 3 rings (SSSR count). The molecule has 0 saturated carbocycles. The molecule has 1 aromatic heterocycles. The number of hydrogen-bond acceptors (Lipinski definition) is 5. The van der Waals surface area contributed by atoms with Gasteiger partial charge in [0.15, 0.2) is 5.76 Å². The van der Waals surface area contributed by atoms with Crippen molar-refractivity contribution in [2.45, 2.75) is 44.8 Å². The molecule has 2 aliphatic heterocycles. The fourth-order valence-electron chi connectivity index (χ4n) is 3.68. The molecular formula is C19H27NO4S. The average molecular weight is 365 g/mol. The maximum Gasteiger partial charge on any atom is 0.288 e. The molecule has 0 spiro atoms. The van der Waals surface area contributed by atoms with Crippen LogP contribution in [0.4, 0.5) is 0 Å². The van der Waals surface area contributed by atoms with Crippen molar-refractivity contribution in [1.82, 2.24) is 4.90 Å². The van der Waals surface area contributed by atoms with Gasteiger partial charge in [-0.25, -0.2) is 0 Å². The fourth-order valence-corrected chi connectivity index (χ4v) is 4.39. The number of thiophene rings is 1. The number of aliphatic hydroxyl groups is 1. The van der Waals surface area contributed by atoms with Crippen LogP contribution in [-0.4, -0.2) is 48.5 Å². The van der Waals surface area contributed by atoms with Crippen molar-refractivity contribution in [2.75, 3.05) is 26.3 Å². The van der Waals surface area contributed by atoms with E-state index in [1.54, 1.807) is 11.3 Å².